The average molecular weight is 289 g/mol. The van der Waals surface area contributed by atoms with Gasteiger partial charge in [-0.1, -0.05) is 18.2 Å². The summed E-state index contributed by atoms with van der Waals surface area (Å²) in [7, 11) is 0. The van der Waals surface area contributed by atoms with Crippen molar-refractivity contribution < 1.29 is 14.3 Å². The highest BCUT2D eigenvalue weighted by Gasteiger charge is 2.05. The molecule has 1 atom stereocenters. The molecule has 0 heterocycles. The van der Waals surface area contributed by atoms with Gasteiger partial charge in [0.05, 0.1) is 6.61 Å². The summed E-state index contributed by atoms with van der Waals surface area (Å²) in [4.78, 5) is 11.3. The summed E-state index contributed by atoms with van der Waals surface area (Å²) in [6, 6.07) is 9.44. The maximum atomic E-state index is 11.3. The second-order valence-electron chi connectivity index (χ2n) is 3.92. The van der Waals surface area contributed by atoms with E-state index in [0.717, 1.165) is 5.75 Å². The van der Waals surface area contributed by atoms with E-state index in [1.165, 1.54) is 0 Å². The number of nitrogens with two attached hydrogens (primary N) is 1. The number of para-hydroxylation sites is 1. The summed E-state index contributed by atoms with van der Waals surface area (Å²) < 4.78 is 10.6. The van der Waals surface area contributed by atoms with E-state index in [1.54, 1.807) is 0 Å². The van der Waals surface area contributed by atoms with Crippen molar-refractivity contribution in [1.29, 1.82) is 0 Å². The van der Waals surface area contributed by atoms with Crippen molar-refractivity contribution in [3.05, 3.63) is 30.3 Å². The molecule has 0 radical (unpaired) electrons. The van der Waals surface area contributed by atoms with Crippen LogP contribution in [-0.2, 0) is 9.53 Å². The molecule has 0 saturated heterocycles. The van der Waals surface area contributed by atoms with E-state index >= 15 is 0 Å². The van der Waals surface area contributed by atoms with Crippen molar-refractivity contribution in [1.82, 2.24) is 5.32 Å². The molecule has 1 rings (SSSR count). The van der Waals surface area contributed by atoms with Crippen LogP contribution < -0.4 is 15.8 Å². The fourth-order valence-electron chi connectivity index (χ4n) is 1.28. The minimum Gasteiger partial charge on any atom is -0.491 e. The highest BCUT2D eigenvalue weighted by molar-refractivity contribution is 5.85. The molecular formula is C13H21ClN2O3. The van der Waals surface area contributed by atoms with Gasteiger partial charge in [0.2, 0.25) is 5.91 Å². The fraction of sp³-hybridized carbons (Fsp3) is 0.462. The molecule has 5 nitrogen and oxygen atoms in total. The lowest BCUT2D eigenvalue weighted by Gasteiger charge is -2.11. The molecule has 0 aliphatic carbocycles. The van der Waals surface area contributed by atoms with E-state index in [-0.39, 0.29) is 31.0 Å². The summed E-state index contributed by atoms with van der Waals surface area (Å²) in [6.07, 6.45) is 0. The fourth-order valence-corrected chi connectivity index (χ4v) is 1.28. The number of hydrogen-bond acceptors (Lipinski definition) is 4. The van der Waals surface area contributed by atoms with Crippen LogP contribution in [0.3, 0.4) is 0 Å². The van der Waals surface area contributed by atoms with Crippen molar-refractivity contribution in [2.24, 2.45) is 5.73 Å². The Morgan fingerprint density at radius 3 is 2.63 bits per heavy atom. The van der Waals surface area contributed by atoms with E-state index in [0.29, 0.717) is 19.8 Å². The highest BCUT2D eigenvalue weighted by Crippen LogP contribution is 2.07. The Morgan fingerprint density at radius 2 is 2.00 bits per heavy atom. The second-order valence-corrected chi connectivity index (χ2v) is 3.92. The molecule has 0 aliphatic rings. The Kier molecular flexibility index (Phi) is 9.88. The van der Waals surface area contributed by atoms with Crippen LogP contribution >= 0.6 is 12.4 Å². The van der Waals surface area contributed by atoms with Gasteiger partial charge < -0.3 is 20.5 Å². The quantitative estimate of drug-likeness (QED) is 0.699. The number of hydrogen-bond donors (Lipinski definition) is 2. The van der Waals surface area contributed by atoms with Crippen molar-refractivity contribution in [3.8, 4) is 5.75 Å². The number of carbonyl (C=O) groups excluding carboxylic acids is 1. The Bertz CT molecular complexity index is 349. The minimum absolute atomic E-state index is 0. The summed E-state index contributed by atoms with van der Waals surface area (Å²) in [5.41, 5.74) is 5.39. The number of halogens is 1. The number of nitrogens with one attached hydrogen (secondary N) is 1. The standard InChI is InChI=1S/C13H20N2O3.ClH/c1-11(9-14)15-13(16)10-17-7-8-18-12-5-3-2-4-6-12;/h2-6,11H,7-10,14H2,1H3,(H,15,16);1H/t11-;/m0./s1. The van der Waals surface area contributed by atoms with Gasteiger partial charge in [-0.15, -0.1) is 12.4 Å². The van der Waals surface area contributed by atoms with E-state index < -0.39 is 0 Å². The first kappa shape index (κ1) is 17.7. The molecule has 0 bridgehead atoms. The van der Waals surface area contributed by atoms with Crippen molar-refractivity contribution >= 4 is 18.3 Å². The predicted octanol–water partition coefficient (Wildman–Crippen LogP) is 0.967. The first-order chi connectivity index (χ1) is 8.72. The summed E-state index contributed by atoms with van der Waals surface area (Å²) in [5.74, 6) is 0.634. The number of carbonyl (C=O) groups is 1. The average Bonchev–Trinajstić information content (AvgIpc) is 2.39. The maximum absolute atomic E-state index is 11.3. The summed E-state index contributed by atoms with van der Waals surface area (Å²) >= 11 is 0. The topological polar surface area (TPSA) is 73.6 Å². The van der Waals surface area contributed by atoms with Crippen LogP contribution in [0.4, 0.5) is 0 Å². The molecule has 108 valence electrons. The van der Waals surface area contributed by atoms with E-state index in [9.17, 15) is 4.79 Å². The molecule has 6 heteroatoms. The second kappa shape index (κ2) is 10.6. The normalized spacial score (nSPS) is 11.3. The van der Waals surface area contributed by atoms with Crippen molar-refractivity contribution in [3.63, 3.8) is 0 Å². The maximum Gasteiger partial charge on any atom is 0.246 e. The first-order valence-electron chi connectivity index (χ1n) is 5.97. The van der Waals surface area contributed by atoms with E-state index in [4.69, 9.17) is 15.2 Å². The molecule has 3 N–H and O–H groups in total. The predicted molar refractivity (Wildman–Crippen MR) is 76.7 cm³/mol. The van der Waals surface area contributed by atoms with Crippen LogP contribution in [0.25, 0.3) is 0 Å². The lowest BCUT2D eigenvalue weighted by atomic mass is 10.3. The molecule has 1 amide bonds. The van der Waals surface area contributed by atoms with Gasteiger partial charge in [0.25, 0.3) is 0 Å². The van der Waals surface area contributed by atoms with Gasteiger partial charge in [-0.05, 0) is 19.1 Å². The molecular weight excluding hydrogens is 268 g/mol. The molecule has 0 fully saturated rings. The van der Waals surface area contributed by atoms with Crippen molar-refractivity contribution in [2.75, 3.05) is 26.4 Å². The molecule has 0 saturated carbocycles. The van der Waals surface area contributed by atoms with Crippen LogP contribution in [0.5, 0.6) is 5.75 Å². The van der Waals surface area contributed by atoms with Crippen LogP contribution in [0.1, 0.15) is 6.92 Å². The zero-order valence-electron chi connectivity index (χ0n) is 11.0. The zero-order chi connectivity index (χ0) is 13.2. The lowest BCUT2D eigenvalue weighted by Crippen LogP contribution is -2.39. The minimum atomic E-state index is -0.160. The molecule has 1 aromatic rings. The number of amides is 1. The SMILES string of the molecule is C[C@@H](CN)NC(=O)COCCOc1ccccc1.Cl. The molecule has 0 aromatic heterocycles. The smallest absolute Gasteiger partial charge is 0.246 e. The number of benzene rings is 1. The Morgan fingerprint density at radius 1 is 1.32 bits per heavy atom. The summed E-state index contributed by atoms with van der Waals surface area (Å²) in [6.45, 7) is 3.09. The summed E-state index contributed by atoms with van der Waals surface area (Å²) in [5, 5.41) is 2.71. The Labute approximate surface area is 119 Å². The molecule has 0 spiro atoms. The van der Waals surface area contributed by atoms with Crippen molar-refractivity contribution in [2.45, 2.75) is 13.0 Å². The van der Waals surface area contributed by atoms with Gasteiger partial charge >= 0.3 is 0 Å². The van der Waals surface area contributed by atoms with Gasteiger partial charge in [0.15, 0.2) is 0 Å². The van der Waals surface area contributed by atoms with Gasteiger partial charge in [-0.25, -0.2) is 0 Å². The Hall–Kier alpha value is -1.30. The number of rotatable bonds is 8. The van der Waals surface area contributed by atoms with Crippen LogP contribution in [0.2, 0.25) is 0 Å². The monoisotopic (exact) mass is 288 g/mol. The van der Waals surface area contributed by atoms with Gasteiger partial charge in [0, 0.05) is 12.6 Å². The largest absolute Gasteiger partial charge is 0.491 e. The van der Waals surface area contributed by atoms with Gasteiger partial charge in [-0.2, -0.15) is 0 Å². The Balaban J connectivity index is 0.00000324. The van der Waals surface area contributed by atoms with Crippen LogP contribution in [0, 0.1) is 0 Å². The van der Waals surface area contributed by atoms with Crippen LogP contribution in [0.15, 0.2) is 30.3 Å². The van der Waals surface area contributed by atoms with E-state index in [2.05, 4.69) is 5.32 Å². The van der Waals surface area contributed by atoms with Gasteiger partial charge in [0.1, 0.15) is 19.0 Å². The first-order valence-corrected chi connectivity index (χ1v) is 5.97. The molecule has 0 unspecified atom stereocenters. The molecule has 0 aliphatic heterocycles. The molecule has 19 heavy (non-hydrogen) atoms. The third kappa shape index (κ3) is 8.42. The molecule has 1 aromatic carbocycles. The third-order valence-electron chi connectivity index (χ3n) is 2.23. The highest BCUT2D eigenvalue weighted by atomic mass is 35.5. The van der Waals surface area contributed by atoms with Gasteiger partial charge in [-0.3, -0.25) is 4.79 Å². The number of ether oxygens (including phenoxy) is 2. The van der Waals surface area contributed by atoms with Crippen LogP contribution in [-0.4, -0.2) is 38.3 Å². The third-order valence-corrected chi connectivity index (χ3v) is 2.23. The zero-order valence-corrected chi connectivity index (χ0v) is 11.8. The lowest BCUT2D eigenvalue weighted by molar-refractivity contribution is -0.126. The van der Waals surface area contributed by atoms with E-state index in [1.807, 2.05) is 37.3 Å².